The molecule has 0 aliphatic rings. The summed E-state index contributed by atoms with van der Waals surface area (Å²) in [5, 5.41) is 24.5. The van der Waals surface area contributed by atoms with Crippen LogP contribution in [0, 0.1) is 5.41 Å². The minimum Gasteiger partial charge on any atom is -0.478 e. The molecule has 6 nitrogen and oxygen atoms in total. The van der Waals surface area contributed by atoms with Gasteiger partial charge in [-0.15, -0.1) is 11.3 Å². The molecule has 0 amide bonds. The number of rotatable bonds is 3. The average molecular weight is 242 g/mol. The van der Waals surface area contributed by atoms with E-state index in [1.807, 2.05) is 17.5 Å². The fourth-order valence-electron chi connectivity index (χ4n) is 0.574. The highest BCUT2D eigenvalue weighted by Crippen LogP contribution is 2.05. The largest absolute Gasteiger partial charge is 0.478 e. The highest BCUT2D eigenvalue weighted by molar-refractivity contribution is 7.12. The summed E-state index contributed by atoms with van der Waals surface area (Å²) in [5.41, 5.74) is 5.15. The van der Waals surface area contributed by atoms with Crippen molar-refractivity contribution in [3.8, 4) is 0 Å². The molecular formula is C9H10N2O4S. The molecule has 0 unspecified atom stereocenters. The van der Waals surface area contributed by atoms with E-state index in [4.69, 9.17) is 21.4 Å². The highest BCUT2D eigenvalue weighted by Gasteiger charge is 1.92. The van der Waals surface area contributed by atoms with Gasteiger partial charge in [0.05, 0.1) is 4.88 Å². The van der Waals surface area contributed by atoms with Crippen molar-refractivity contribution in [1.29, 1.82) is 5.41 Å². The van der Waals surface area contributed by atoms with Crippen molar-refractivity contribution in [1.82, 2.24) is 0 Å². The van der Waals surface area contributed by atoms with Gasteiger partial charge in [-0.25, -0.2) is 9.59 Å². The van der Waals surface area contributed by atoms with E-state index in [2.05, 4.69) is 0 Å². The third-order valence-electron chi connectivity index (χ3n) is 1.16. The Labute approximate surface area is 95.1 Å². The average Bonchev–Trinajstić information content (AvgIpc) is 2.68. The van der Waals surface area contributed by atoms with Crippen molar-refractivity contribution in [2.45, 2.75) is 0 Å². The third kappa shape index (κ3) is 7.27. The first-order valence-corrected chi connectivity index (χ1v) is 4.83. The number of nitrogen functional groups attached to an aromatic ring is 1. The Morgan fingerprint density at radius 3 is 2.00 bits per heavy atom. The lowest BCUT2D eigenvalue weighted by Crippen LogP contribution is -2.08. The van der Waals surface area contributed by atoms with Crippen LogP contribution in [0.25, 0.3) is 0 Å². The molecule has 5 N–H and O–H groups in total. The van der Waals surface area contributed by atoms with Crippen molar-refractivity contribution in [3.05, 3.63) is 34.5 Å². The fourth-order valence-corrected chi connectivity index (χ4v) is 1.16. The van der Waals surface area contributed by atoms with Gasteiger partial charge >= 0.3 is 11.9 Å². The van der Waals surface area contributed by atoms with Crippen LogP contribution in [0.15, 0.2) is 29.7 Å². The minimum atomic E-state index is -1.26. The maximum Gasteiger partial charge on any atom is 0.328 e. The molecule has 0 saturated carbocycles. The third-order valence-corrected chi connectivity index (χ3v) is 2.06. The second-order valence-electron chi connectivity index (χ2n) is 2.40. The standard InChI is InChI=1S/C5H6N2S.C4H4O4/c6-5(7)4-2-1-3-8-4;5-3(6)1-2-4(7)8/h1-3H,(H3,6,7);1-2H,(H,5,6)(H,7,8)/b;2-1+. The van der Waals surface area contributed by atoms with E-state index < -0.39 is 11.9 Å². The van der Waals surface area contributed by atoms with E-state index in [0.29, 0.717) is 12.2 Å². The van der Waals surface area contributed by atoms with Crippen LogP contribution in [-0.2, 0) is 9.59 Å². The molecule has 1 aromatic heterocycles. The Morgan fingerprint density at radius 2 is 1.81 bits per heavy atom. The monoisotopic (exact) mass is 242 g/mol. The molecule has 0 spiro atoms. The van der Waals surface area contributed by atoms with Gasteiger partial charge in [0, 0.05) is 12.2 Å². The first kappa shape index (κ1) is 13.8. The number of aliphatic carboxylic acids is 2. The van der Waals surface area contributed by atoms with Gasteiger partial charge in [-0.2, -0.15) is 0 Å². The zero-order valence-corrected chi connectivity index (χ0v) is 8.90. The van der Waals surface area contributed by atoms with E-state index >= 15 is 0 Å². The molecule has 16 heavy (non-hydrogen) atoms. The van der Waals surface area contributed by atoms with Gasteiger partial charge < -0.3 is 15.9 Å². The van der Waals surface area contributed by atoms with Crippen LogP contribution in [-0.4, -0.2) is 28.0 Å². The number of hydrogen-bond donors (Lipinski definition) is 4. The number of nitrogens with two attached hydrogens (primary N) is 1. The summed E-state index contributed by atoms with van der Waals surface area (Å²) in [6, 6.07) is 3.70. The predicted octanol–water partition coefficient (Wildman–Crippen LogP) is 0.744. The van der Waals surface area contributed by atoms with E-state index in [1.165, 1.54) is 11.3 Å². The van der Waals surface area contributed by atoms with Crippen LogP contribution in [0.1, 0.15) is 4.88 Å². The topological polar surface area (TPSA) is 124 Å². The van der Waals surface area contributed by atoms with Gasteiger partial charge in [0.2, 0.25) is 0 Å². The highest BCUT2D eigenvalue weighted by atomic mass is 32.1. The second-order valence-corrected chi connectivity index (χ2v) is 3.35. The van der Waals surface area contributed by atoms with E-state index in [9.17, 15) is 9.59 Å². The summed E-state index contributed by atoms with van der Waals surface area (Å²) in [5.74, 6) is -2.36. The van der Waals surface area contributed by atoms with Gasteiger partial charge in [0.15, 0.2) is 0 Å². The molecule has 0 bridgehead atoms. The first-order chi connectivity index (χ1) is 7.43. The second kappa shape index (κ2) is 7.18. The zero-order chi connectivity index (χ0) is 12.6. The Bertz CT molecular complexity index is 382. The molecule has 0 radical (unpaired) electrons. The van der Waals surface area contributed by atoms with Gasteiger partial charge in [-0.05, 0) is 11.4 Å². The van der Waals surface area contributed by atoms with Crippen molar-refractivity contribution in [3.63, 3.8) is 0 Å². The van der Waals surface area contributed by atoms with Crippen LogP contribution in [0.5, 0.6) is 0 Å². The Hall–Kier alpha value is -2.15. The van der Waals surface area contributed by atoms with E-state index in [0.717, 1.165) is 4.88 Å². The summed E-state index contributed by atoms with van der Waals surface area (Å²) in [6.07, 6.45) is 1.12. The van der Waals surface area contributed by atoms with Crippen LogP contribution in [0.4, 0.5) is 0 Å². The first-order valence-electron chi connectivity index (χ1n) is 3.95. The summed E-state index contributed by atoms with van der Waals surface area (Å²) < 4.78 is 0. The zero-order valence-electron chi connectivity index (χ0n) is 8.08. The van der Waals surface area contributed by atoms with Gasteiger partial charge in [0.25, 0.3) is 0 Å². The molecule has 0 saturated heterocycles. The molecule has 0 aromatic carbocycles. The molecule has 0 aliphatic carbocycles. The molecule has 86 valence electrons. The Balaban J connectivity index is 0.000000281. The normalized spacial score (nSPS) is 9.25. The lowest BCUT2D eigenvalue weighted by molar-refractivity contribution is -0.134. The number of carboxylic acids is 2. The van der Waals surface area contributed by atoms with Crippen LogP contribution >= 0.6 is 11.3 Å². The molecule has 0 aliphatic heterocycles. The number of amidine groups is 1. The van der Waals surface area contributed by atoms with Crippen molar-refractivity contribution >= 4 is 29.1 Å². The van der Waals surface area contributed by atoms with Gasteiger partial charge in [-0.3, -0.25) is 5.41 Å². The molecule has 1 aromatic rings. The van der Waals surface area contributed by atoms with E-state index in [-0.39, 0.29) is 5.84 Å². The molecule has 0 atom stereocenters. The SMILES string of the molecule is N=C(N)c1cccs1.O=C(O)/C=C/C(=O)O. The molecule has 0 fully saturated rings. The summed E-state index contributed by atoms with van der Waals surface area (Å²) in [4.78, 5) is 19.9. The van der Waals surface area contributed by atoms with Gasteiger partial charge in [-0.1, -0.05) is 6.07 Å². The minimum absolute atomic E-state index is 0.153. The lowest BCUT2D eigenvalue weighted by Gasteiger charge is -1.84. The number of carboxylic acid groups (broad SMARTS) is 2. The summed E-state index contributed by atoms with van der Waals surface area (Å²) >= 11 is 1.48. The Kier molecular flexibility index (Phi) is 6.22. The van der Waals surface area contributed by atoms with Crippen LogP contribution in [0.2, 0.25) is 0 Å². The Morgan fingerprint density at radius 1 is 1.31 bits per heavy atom. The number of thiophene rings is 1. The lowest BCUT2D eigenvalue weighted by atomic mass is 10.4. The number of carbonyl (C=O) groups is 2. The fraction of sp³-hybridized carbons (Fsp3) is 0. The maximum absolute atomic E-state index is 9.55. The molecule has 1 rings (SSSR count). The quantitative estimate of drug-likeness (QED) is 0.353. The summed E-state index contributed by atoms with van der Waals surface area (Å²) in [7, 11) is 0. The van der Waals surface area contributed by atoms with E-state index in [1.54, 1.807) is 0 Å². The molecule has 7 heteroatoms. The van der Waals surface area contributed by atoms with Crippen LogP contribution in [0.3, 0.4) is 0 Å². The summed E-state index contributed by atoms with van der Waals surface area (Å²) in [6.45, 7) is 0. The van der Waals surface area contributed by atoms with Crippen molar-refractivity contribution in [2.75, 3.05) is 0 Å². The molecule has 1 heterocycles. The smallest absolute Gasteiger partial charge is 0.328 e. The van der Waals surface area contributed by atoms with Crippen molar-refractivity contribution < 1.29 is 19.8 Å². The van der Waals surface area contributed by atoms with Gasteiger partial charge in [0.1, 0.15) is 5.84 Å². The molecular weight excluding hydrogens is 232 g/mol. The number of hydrogen-bond acceptors (Lipinski definition) is 4. The van der Waals surface area contributed by atoms with Crippen LogP contribution < -0.4 is 5.73 Å². The maximum atomic E-state index is 9.55. The predicted molar refractivity (Wildman–Crippen MR) is 59.7 cm³/mol. The number of nitrogens with one attached hydrogen (secondary N) is 1. The van der Waals surface area contributed by atoms with Crippen molar-refractivity contribution in [2.24, 2.45) is 5.73 Å².